The van der Waals surface area contributed by atoms with Crippen LogP contribution in [0.5, 0.6) is 0 Å². The second kappa shape index (κ2) is 6.60. The molecule has 154 valence electrons. The van der Waals surface area contributed by atoms with Gasteiger partial charge in [-0.1, -0.05) is 13.8 Å². The lowest BCUT2D eigenvalue weighted by atomic mass is 9.47. The zero-order valence-electron chi connectivity index (χ0n) is 17.9. The van der Waals surface area contributed by atoms with Crippen molar-refractivity contribution in [3.8, 4) is 0 Å². The second-order valence-corrected chi connectivity index (χ2v) is 11.0. The molecular formula is C24H37N3O. The molecule has 4 fully saturated rings. The Kier molecular flexibility index (Phi) is 4.41. The maximum atomic E-state index is 12.0. The Morgan fingerprint density at radius 1 is 1.14 bits per heavy atom. The molecule has 8 atom stereocenters. The number of rotatable bonds is 3. The van der Waals surface area contributed by atoms with Crippen LogP contribution >= 0.6 is 0 Å². The zero-order chi connectivity index (χ0) is 19.5. The Bertz CT molecular complexity index is 730. The van der Waals surface area contributed by atoms with Crippen molar-refractivity contribution in [2.75, 3.05) is 0 Å². The number of piperidine rings is 1. The first-order chi connectivity index (χ1) is 13.4. The molecule has 0 radical (unpaired) electrons. The highest BCUT2D eigenvalue weighted by Crippen LogP contribution is 2.66. The first-order valence-electron chi connectivity index (χ1n) is 11.7. The van der Waals surface area contributed by atoms with Crippen molar-refractivity contribution in [1.29, 1.82) is 0 Å². The van der Waals surface area contributed by atoms with Crippen LogP contribution in [0.15, 0.2) is 18.7 Å². The van der Waals surface area contributed by atoms with Gasteiger partial charge in [0.15, 0.2) is 0 Å². The maximum absolute atomic E-state index is 12.0. The minimum absolute atomic E-state index is 0.288. The minimum atomic E-state index is 0.288. The SMILES string of the molecule is CC(C[C@H]1CC[C@H]2[C@@H]3CC[C@H]4NC(=O)CC[C@]4(C)[C@H]3CC[C@]12C)n1ccnc1. The van der Waals surface area contributed by atoms with Gasteiger partial charge in [-0.05, 0) is 92.8 Å². The summed E-state index contributed by atoms with van der Waals surface area (Å²) in [7, 11) is 0. The molecule has 1 aliphatic heterocycles. The standard InChI is InChI=1S/C24H37N3O/c1-16(27-13-12-25-15-27)14-17-4-6-19-18-5-7-21-24(3,11-9-22(28)26-21)20(18)8-10-23(17,19)2/h12-13,15-21H,4-11,14H2,1-3H3,(H,26,28)/t16?,17-,18+,19+,20+,21-,23-,24-/m1/s1. The van der Waals surface area contributed by atoms with Crippen LogP contribution < -0.4 is 5.32 Å². The number of fused-ring (bicyclic) bond motifs is 5. The van der Waals surface area contributed by atoms with E-state index in [1.165, 1.54) is 44.9 Å². The Balaban J connectivity index is 1.34. The molecule has 0 spiro atoms. The van der Waals surface area contributed by atoms with Crippen molar-refractivity contribution in [2.45, 2.75) is 90.6 Å². The molecule has 3 saturated carbocycles. The third kappa shape index (κ3) is 2.69. The molecule has 5 rings (SSSR count). The maximum Gasteiger partial charge on any atom is 0.220 e. The number of hydrogen-bond acceptors (Lipinski definition) is 2. The summed E-state index contributed by atoms with van der Waals surface area (Å²) in [5.41, 5.74) is 0.845. The minimum Gasteiger partial charge on any atom is -0.353 e. The number of hydrogen-bond donors (Lipinski definition) is 1. The van der Waals surface area contributed by atoms with Crippen LogP contribution in [0.25, 0.3) is 0 Å². The average molecular weight is 384 g/mol. The number of amides is 1. The number of aromatic nitrogens is 2. The van der Waals surface area contributed by atoms with Gasteiger partial charge in [0.25, 0.3) is 0 Å². The van der Waals surface area contributed by atoms with Crippen LogP contribution in [-0.2, 0) is 4.79 Å². The largest absolute Gasteiger partial charge is 0.353 e. The fourth-order valence-corrected chi connectivity index (χ4v) is 8.26. The second-order valence-electron chi connectivity index (χ2n) is 11.0. The van der Waals surface area contributed by atoms with Crippen molar-refractivity contribution < 1.29 is 4.79 Å². The van der Waals surface area contributed by atoms with Gasteiger partial charge >= 0.3 is 0 Å². The molecular weight excluding hydrogens is 346 g/mol. The van der Waals surface area contributed by atoms with Gasteiger partial charge in [0.05, 0.1) is 6.33 Å². The fourth-order valence-electron chi connectivity index (χ4n) is 8.26. The molecule has 0 bridgehead atoms. The molecule has 1 aromatic heterocycles. The van der Waals surface area contributed by atoms with Gasteiger partial charge in [-0.2, -0.15) is 0 Å². The van der Waals surface area contributed by atoms with E-state index in [0.29, 0.717) is 22.9 Å². The summed E-state index contributed by atoms with van der Waals surface area (Å²) >= 11 is 0. The predicted octanol–water partition coefficient (Wildman–Crippen LogP) is 4.97. The van der Waals surface area contributed by atoms with E-state index < -0.39 is 0 Å². The highest BCUT2D eigenvalue weighted by molar-refractivity contribution is 5.77. The van der Waals surface area contributed by atoms with Crippen molar-refractivity contribution in [2.24, 2.45) is 34.5 Å². The van der Waals surface area contributed by atoms with Crippen LogP contribution in [0.1, 0.15) is 84.6 Å². The third-order valence-corrected chi connectivity index (χ3v) is 9.95. The van der Waals surface area contributed by atoms with Gasteiger partial charge in [0.2, 0.25) is 5.91 Å². The lowest BCUT2D eigenvalue weighted by Gasteiger charge is -2.60. The number of imidazole rings is 1. The first-order valence-corrected chi connectivity index (χ1v) is 11.7. The van der Waals surface area contributed by atoms with E-state index in [9.17, 15) is 4.79 Å². The summed E-state index contributed by atoms with van der Waals surface area (Å²) in [5.74, 6) is 3.71. The molecule has 4 nitrogen and oxygen atoms in total. The van der Waals surface area contributed by atoms with Crippen molar-refractivity contribution in [3.05, 3.63) is 18.7 Å². The average Bonchev–Trinajstić information content (AvgIpc) is 3.31. The number of carbonyl (C=O) groups is 1. The van der Waals surface area contributed by atoms with Gasteiger partial charge in [-0.15, -0.1) is 0 Å². The zero-order valence-corrected chi connectivity index (χ0v) is 17.9. The Morgan fingerprint density at radius 2 is 1.96 bits per heavy atom. The highest BCUT2D eigenvalue weighted by atomic mass is 16.1. The molecule has 1 amide bonds. The third-order valence-electron chi connectivity index (χ3n) is 9.95. The summed E-state index contributed by atoms with van der Waals surface area (Å²) in [6.07, 6.45) is 17.3. The quantitative estimate of drug-likeness (QED) is 0.801. The van der Waals surface area contributed by atoms with Crippen LogP contribution in [0, 0.1) is 34.5 Å². The van der Waals surface area contributed by atoms with Crippen molar-refractivity contribution in [3.63, 3.8) is 0 Å². The number of nitrogens with zero attached hydrogens (tertiary/aromatic N) is 2. The first kappa shape index (κ1) is 18.7. The fraction of sp³-hybridized carbons (Fsp3) is 0.833. The molecule has 1 aromatic rings. The topological polar surface area (TPSA) is 46.9 Å². The van der Waals surface area contributed by atoms with E-state index in [-0.39, 0.29) is 5.91 Å². The summed E-state index contributed by atoms with van der Waals surface area (Å²) in [6.45, 7) is 7.49. The summed E-state index contributed by atoms with van der Waals surface area (Å²) in [5, 5.41) is 3.36. The number of nitrogens with one attached hydrogen (secondary N) is 1. The monoisotopic (exact) mass is 383 g/mol. The van der Waals surface area contributed by atoms with E-state index in [2.05, 4.69) is 41.8 Å². The van der Waals surface area contributed by atoms with Crippen LogP contribution in [0.4, 0.5) is 0 Å². The normalized spacial score (nSPS) is 46.2. The Labute approximate surface area is 169 Å². The van der Waals surface area contributed by atoms with E-state index in [1.54, 1.807) is 0 Å². The molecule has 0 aromatic carbocycles. The van der Waals surface area contributed by atoms with Gasteiger partial charge in [-0.3, -0.25) is 4.79 Å². The van der Waals surface area contributed by atoms with Crippen molar-refractivity contribution in [1.82, 2.24) is 14.9 Å². The molecule has 1 saturated heterocycles. The summed E-state index contributed by atoms with van der Waals surface area (Å²) in [6, 6.07) is 0.973. The lowest BCUT2D eigenvalue weighted by molar-refractivity contribution is -0.136. The molecule has 4 aliphatic rings. The van der Waals surface area contributed by atoms with E-state index in [4.69, 9.17) is 0 Å². The van der Waals surface area contributed by atoms with Crippen LogP contribution in [-0.4, -0.2) is 21.5 Å². The van der Waals surface area contributed by atoms with Gasteiger partial charge in [0, 0.05) is 30.9 Å². The predicted molar refractivity (Wildman–Crippen MR) is 111 cm³/mol. The highest BCUT2D eigenvalue weighted by Gasteiger charge is 2.60. The molecule has 2 heterocycles. The van der Waals surface area contributed by atoms with Crippen LogP contribution in [0.3, 0.4) is 0 Å². The number of carbonyl (C=O) groups excluding carboxylic acids is 1. The van der Waals surface area contributed by atoms with E-state index in [0.717, 1.165) is 36.5 Å². The lowest BCUT2D eigenvalue weighted by Crippen LogP contribution is -2.61. The van der Waals surface area contributed by atoms with Crippen molar-refractivity contribution >= 4 is 5.91 Å². The van der Waals surface area contributed by atoms with Gasteiger partial charge in [-0.25, -0.2) is 4.98 Å². The Morgan fingerprint density at radius 3 is 2.75 bits per heavy atom. The molecule has 1 unspecified atom stereocenters. The van der Waals surface area contributed by atoms with E-state index in [1.807, 2.05) is 12.5 Å². The van der Waals surface area contributed by atoms with E-state index >= 15 is 0 Å². The smallest absolute Gasteiger partial charge is 0.220 e. The molecule has 3 aliphatic carbocycles. The van der Waals surface area contributed by atoms with Gasteiger partial charge < -0.3 is 9.88 Å². The van der Waals surface area contributed by atoms with Gasteiger partial charge in [0.1, 0.15) is 0 Å². The summed E-state index contributed by atoms with van der Waals surface area (Å²) < 4.78 is 2.29. The Hall–Kier alpha value is -1.32. The molecule has 4 heteroatoms. The summed E-state index contributed by atoms with van der Waals surface area (Å²) in [4.78, 5) is 16.2. The molecule has 28 heavy (non-hydrogen) atoms. The molecule has 1 N–H and O–H groups in total. The van der Waals surface area contributed by atoms with Crippen LogP contribution in [0.2, 0.25) is 0 Å².